The molecular formula is C19H21NO6. The number of aliphatic carboxylic acids is 1. The highest BCUT2D eigenvalue weighted by Gasteiger charge is 2.21. The average Bonchev–Trinajstić information content (AvgIpc) is 3.10. The largest absolute Gasteiger partial charge is 0.484 e. The zero-order chi connectivity index (χ0) is 18.7. The Kier molecular flexibility index (Phi) is 5.25. The van der Waals surface area contributed by atoms with Gasteiger partial charge in [0.05, 0.1) is 0 Å². The first-order valence-electron chi connectivity index (χ1n) is 8.73. The molecule has 2 N–H and O–H groups in total. The lowest BCUT2D eigenvalue weighted by Gasteiger charge is -2.14. The van der Waals surface area contributed by atoms with E-state index in [1.807, 2.05) is 13.0 Å². The van der Waals surface area contributed by atoms with E-state index in [1.165, 1.54) is 0 Å². The highest BCUT2D eigenvalue weighted by atomic mass is 16.5. The molecule has 3 rings (SSSR count). The molecule has 26 heavy (non-hydrogen) atoms. The SMILES string of the molecule is CCC[C@H](NC(=O)COc1ccc2c3c(c(=O)oc2c1)CCC3)C(=O)O. The Bertz CT molecular complexity index is 901. The van der Waals surface area contributed by atoms with Crippen LogP contribution in [0, 0.1) is 0 Å². The zero-order valence-electron chi connectivity index (χ0n) is 14.5. The Labute approximate surface area is 150 Å². The Hall–Kier alpha value is -2.83. The molecule has 7 heteroatoms. The highest BCUT2D eigenvalue weighted by Crippen LogP contribution is 2.29. The van der Waals surface area contributed by atoms with Gasteiger partial charge in [-0.25, -0.2) is 9.59 Å². The molecule has 0 spiro atoms. The van der Waals surface area contributed by atoms with Crippen LogP contribution in [-0.4, -0.2) is 29.6 Å². The number of carboxylic acid groups (broad SMARTS) is 1. The van der Waals surface area contributed by atoms with E-state index in [0.29, 0.717) is 24.2 Å². The van der Waals surface area contributed by atoms with E-state index < -0.39 is 17.9 Å². The average molecular weight is 359 g/mol. The molecule has 1 aliphatic carbocycles. The molecule has 2 aromatic rings. The Morgan fingerprint density at radius 1 is 1.31 bits per heavy atom. The molecule has 0 bridgehead atoms. The summed E-state index contributed by atoms with van der Waals surface area (Å²) in [4.78, 5) is 35.0. The number of hydrogen-bond donors (Lipinski definition) is 2. The summed E-state index contributed by atoms with van der Waals surface area (Å²) in [6.45, 7) is 1.53. The Balaban J connectivity index is 1.70. The first kappa shape index (κ1) is 18.0. The van der Waals surface area contributed by atoms with Gasteiger partial charge in [-0.15, -0.1) is 0 Å². The summed E-state index contributed by atoms with van der Waals surface area (Å²) < 4.78 is 10.8. The third-order valence-electron chi connectivity index (χ3n) is 4.53. The lowest BCUT2D eigenvalue weighted by Crippen LogP contribution is -2.42. The van der Waals surface area contributed by atoms with Crippen molar-refractivity contribution in [3.8, 4) is 5.75 Å². The fraction of sp³-hybridized carbons (Fsp3) is 0.421. The van der Waals surface area contributed by atoms with Crippen molar-refractivity contribution in [2.45, 2.75) is 45.1 Å². The smallest absolute Gasteiger partial charge is 0.339 e. The van der Waals surface area contributed by atoms with Crippen LogP contribution in [0.15, 0.2) is 27.4 Å². The first-order chi connectivity index (χ1) is 12.5. The standard InChI is InChI=1S/C19H21NO6/c1-2-4-15(18(22)23)20-17(21)10-25-11-7-8-13-12-5-3-6-14(12)19(24)26-16(13)9-11/h7-9,15H,2-6,10H2,1H3,(H,20,21)(H,22,23)/t15-/m0/s1. The number of aryl methyl sites for hydroxylation is 1. The van der Waals surface area contributed by atoms with Crippen LogP contribution in [0.25, 0.3) is 11.0 Å². The van der Waals surface area contributed by atoms with Gasteiger partial charge in [0, 0.05) is 17.0 Å². The van der Waals surface area contributed by atoms with E-state index in [-0.39, 0.29) is 12.2 Å². The Morgan fingerprint density at radius 2 is 2.08 bits per heavy atom. The van der Waals surface area contributed by atoms with Crippen molar-refractivity contribution in [1.82, 2.24) is 5.32 Å². The minimum absolute atomic E-state index is 0.311. The van der Waals surface area contributed by atoms with Crippen LogP contribution in [-0.2, 0) is 22.4 Å². The molecule has 0 fully saturated rings. The normalized spacial score (nSPS) is 14.0. The molecule has 0 saturated carbocycles. The van der Waals surface area contributed by atoms with Gasteiger partial charge in [-0.3, -0.25) is 4.79 Å². The van der Waals surface area contributed by atoms with Crippen molar-refractivity contribution in [3.05, 3.63) is 39.7 Å². The van der Waals surface area contributed by atoms with Crippen LogP contribution in [0.3, 0.4) is 0 Å². The van der Waals surface area contributed by atoms with Crippen LogP contribution in [0.4, 0.5) is 0 Å². The van der Waals surface area contributed by atoms with Crippen molar-refractivity contribution < 1.29 is 23.8 Å². The highest BCUT2D eigenvalue weighted by molar-refractivity contribution is 5.85. The maximum atomic E-state index is 12.0. The summed E-state index contributed by atoms with van der Waals surface area (Å²) in [5.41, 5.74) is 1.90. The number of fused-ring (bicyclic) bond motifs is 3. The number of carbonyl (C=O) groups excluding carboxylic acids is 1. The number of ether oxygens (including phenoxy) is 1. The second kappa shape index (κ2) is 7.59. The third-order valence-corrected chi connectivity index (χ3v) is 4.53. The van der Waals surface area contributed by atoms with Gasteiger partial charge in [0.15, 0.2) is 6.61 Å². The van der Waals surface area contributed by atoms with Crippen LogP contribution < -0.4 is 15.7 Å². The topological polar surface area (TPSA) is 106 Å². The number of carboxylic acids is 1. The van der Waals surface area contributed by atoms with Gasteiger partial charge >= 0.3 is 11.6 Å². The fourth-order valence-corrected chi connectivity index (χ4v) is 3.28. The summed E-state index contributed by atoms with van der Waals surface area (Å²) >= 11 is 0. The number of hydrogen-bond acceptors (Lipinski definition) is 5. The molecule has 0 aliphatic heterocycles. The van der Waals surface area contributed by atoms with Gasteiger partial charge in [-0.1, -0.05) is 13.3 Å². The van der Waals surface area contributed by atoms with E-state index in [0.717, 1.165) is 35.8 Å². The predicted molar refractivity (Wildman–Crippen MR) is 94.5 cm³/mol. The maximum absolute atomic E-state index is 12.0. The first-order valence-corrected chi connectivity index (χ1v) is 8.73. The van der Waals surface area contributed by atoms with Crippen LogP contribution in [0.5, 0.6) is 5.75 Å². The van der Waals surface area contributed by atoms with Crippen LogP contribution in [0.2, 0.25) is 0 Å². The van der Waals surface area contributed by atoms with Gasteiger partial charge < -0.3 is 19.6 Å². The molecule has 1 atom stereocenters. The van der Waals surface area contributed by atoms with Crippen LogP contribution >= 0.6 is 0 Å². The Morgan fingerprint density at radius 3 is 2.81 bits per heavy atom. The number of amides is 1. The lowest BCUT2D eigenvalue weighted by molar-refractivity contribution is -0.142. The monoisotopic (exact) mass is 359 g/mol. The molecular weight excluding hydrogens is 338 g/mol. The van der Waals surface area contributed by atoms with Crippen molar-refractivity contribution in [1.29, 1.82) is 0 Å². The van der Waals surface area contributed by atoms with Crippen molar-refractivity contribution in [2.24, 2.45) is 0 Å². The van der Waals surface area contributed by atoms with Crippen molar-refractivity contribution in [3.63, 3.8) is 0 Å². The summed E-state index contributed by atoms with van der Waals surface area (Å²) in [7, 11) is 0. The van der Waals surface area contributed by atoms with Gasteiger partial charge in [0.25, 0.3) is 5.91 Å². The number of rotatable bonds is 7. The lowest BCUT2D eigenvalue weighted by atomic mass is 10.1. The second-order valence-corrected chi connectivity index (χ2v) is 6.39. The molecule has 0 unspecified atom stereocenters. The molecule has 1 aromatic carbocycles. The van der Waals surface area contributed by atoms with E-state index in [4.69, 9.17) is 14.3 Å². The predicted octanol–water partition coefficient (Wildman–Crippen LogP) is 2.03. The van der Waals surface area contributed by atoms with E-state index in [2.05, 4.69) is 5.32 Å². The minimum atomic E-state index is -1.07. The van der Waals surface area contributed by atoms with Gasteiger partial charge in [0.2, 0.25) is 0 Å². The summed E-state index contributed by atoms with van der Waals surface area (Å²) in [5.74, 6) is -1.20. The van der Waals surface area contributed by atoms with E-state index in [1.54, 1.807) is 12.1 Å². The zero-order valence-corrected chi connectivity index (χ0v) is 14.5. The number of benzene rings is 1. The molecule has 138 valence electrons. The molecule has 1 amide bonds. The summed E-state index contributed by atoms with van der Waals surface area (Å²) in [5, 5.41) is 12.4. The molecule has 7 nitrogen and oxygen atoms in total. The van der Waals surface area contributed by atoms with Crippen molar-refractivity contribution >= 4 is 22.8 Å². The second-order valence-electron chi connectivity index (χ2n) is 6.39. The van der Waals surface area contributed by atoms with E-state index in [9.17, 15) is 14.4 Å². The molecule has 1 aromatic heterocycles. The molecule has 0 saturated heterocycles. The summed E-state index contributed by atoms with van der Waals surface area (Å²) in [6, 6.07) is 4.21. The third kappa shape index (κ3) is 3.71. The molecule has 1 aliphatic rings. The number of nitrogens with one attached hydrogen (secondary N) is 1. The number of carbonyl (C=O) groups is 2. The molecule has 1 heterocycles. The minimum Gasteiger partial charge on any atom is -0.484 e. The van der Waals surface area contributed by atoms with Crippen LogP contribution in [0.1, 0.15) is 37.3 Å². The summed E-state index contributed by atoms with van der Waals surface area (Å²) in [6.07, 6.45) is 3.54. The molecule has 0 radical (unpaired) electrons. The fourth-order valence-electron chi connectivity index (χ4n) is 3.28. The maximum Gasteiger partial charge on any atom is 0.339 e. The van der Waals surface area contributed by atoms with Gasteiger partial charge in [0.1, 0.15) is 17.4 Å². The quantitative estimate of drug-likeness (QED) is 0.733. The van der Waals surface area contributed by atoms with E-state index >= 15 is 0 Å². The van der Waals surface area contributed by atoms with Gasteiger partial charge in [-0.05, 0) is 43.4 Å². The van der Waals surface area contributed by atoms with Crippen molar-refractivity contribution in [2.75, 3.05) is 6.61 Å². The van der Waals surface area contributed by atoms with Gasteiger partial charge in [-0.2, -0.15) is 0 Å².